The zero-order valence-corrected chi connectivity index (χ0v) is 20.0. The van der Waals surface area contributed by atoms with Gasteiger partial charge in [-0.3, -0.25) is 9.10 Å². The van der Waals surface area contributed by atoms with E-state index in [0.717, 1.165) is 17.4 Å². The van der Waals surface area contributed by atoms with Crippen molar-refractivity contribution in [3.63, 3.8) is 0 Å². The van der Waals surface area contributed by atoms with Gasteiger partial charge in [-0.15, -0.1) is 0 Å². The molecule has 174 valence electrons. The lowest BCUT2D eigenvalue weighted by Crippen LogP contribution is -2.49. The predicted molar refractivity (Wildman–Crippen MR) is 132 cm³/mol. The van der Waals surface area contributed by atoms with E-state index in [9.17, 15) is 13.2 Å². The van der Waals surface area contributed by atoms with E-state index in [1.807, 2.05) is 67.6 Å². The molecule has 7 heteroatoms. The van der Waals surface area contributed by atoms with Gasteiger partial charge in [0.15, 0.2) is 0 Å². The summed E-state index contributed by atoms with van der Waals surface area (Å²) in [5.41, 5.74) is 2.36. The molecule has 3 rings (SSSR count). The highest BCUT2D eigenvalue weighted by molar-refractivity contribution is 7.92. The maximum Gasteiger partial charge on any atom is 0.246 e. The summed E-state index contributed by atoms with van der Waals surface area (Å²) in [6.07, 6.45) is 1.12. The van der Waals surface area contributed by atoms with Crippen LogP contribution in [0.3, 0.4) is 0 Å². The van der Waals surface area contributed by atoms with Gasteiger partial charge in [0.1, 0.15) is 11.8 Å². The first-order valence-electron chi connectivity index (χ1n) is 10.9. The summed E-state index contributed by atoms with van der Waals surface area (Å²) in [6.45, 7) is 4.77. The third-order valence-corrected chi connectivity index (χ3v) is 6.45. The number of anilines is 1. The van der Waals surface area contributed by atoms with Gasteiger partial charge in [0.25, 0.3) is 0 Å². The van der Waals surface area contributed by atoms with Gasteiger partial charge >= 0.3 is 0 Å². The molecule has 33 heavy (non-hydrogen) atoms. The number of hydrogen-bond acceptors (Lipinski definition) is 4. The van der Waals surface area contributed by atoms with Gasteiger partial charge < -0.3 is 9.64 Å². The van der Waals surface area contributed by atoms with E-state index in [1.165, 1.54) is 4.31 Å². The quantitative estimate of drug-likeness (QED) is 0.442. The molecule has 6 nitrogen and oxygen atoms in total. The highest BCUT2D eigenvalue weighted by Gasteiger charge is 2.32. The van der Waals surface area contributed by atoms with Crippen molar-refractivity contribution in [1.82, 2.24) is 4.90 Å². The van der Waals surface area contributed by atoms with Gasteiger partial charge in [-0.25, -0.2) is 8.42 Å². The molecule has 3 aromatic rings. The molecule has 0 saturated carbocycles. The number of ether oxygens (including phenoxy) is 1. The number of sulfonamides is 1. The number of hydrogen-bond donors (Lipinski definition) is 0. The van der Waals surface area contributed by atoms with E-state index in [2.05, 4.69) is 0 Å². The minimum atomic E-state index is -3.72. The van der Waals surface area contributed by atoms with Gasteiger partial charge in [0.2, 0.25) is 15.9 Å². The van der Waals surface area contributed by atoms with Crippen molar-refractivity contribution in [3.8, 4) is 5.75 Å². The van der Waals surface area contributed by atoms with Crippen LogP contribution in [-0.2, 0) is 27.9 Å². The lowest BCUT2D eigenvalue weighted by atomic mass is 10.1. The van der Waals surface area contributed by atoms with E-state index in [-0.39, 0.29) is 5.91 Å². The second-order valence-electron chi connectivity index (χ2n) is 7.83. The van der Waals surface area contributed by atoms with Crippen LogP contribution in [0.4, 0.5) is 5.69 Å². The molecular formula is C26H30N2O4S. The fraction of sp³-hybridized carbons (Fsp3) is 0.269. The molecular weight excluding hydrogens is 436 g/mol. The van der Waals surface area contributed by atoms with E-state index in [1.54, 1.807) is 36.1 Å². The van der Waals surface area contributed by atoms with Crippen molar-refractivity contribution in [2.45, 2.75) is 33.0 Å². The topological polar surface area (TPSA) is 66.9 Å². The van der Waals surface area contributed by atoms with Gasteiger partial charge in [0.05, 0.1) is 18.6 Å². The Morgan fingerprint density at radius 2 is 1.33 bits per heavy atom. The van der Waals surface area contributed by atoms with Gasteiger partial charge in [-0.2, -0.15) is 0 Å². The van der Waals surface area contributed by atoms with E-state index in [0.29, 0.717) is 31.1 Å². The molecule has 0 saturated heterocycles. The van der Waals surface area contributed by atoms with Crippen molar-refractivity contribution in [2.75, 3.05) is 17.2 Å². The first-order valence-corrected chi connectivity index (χ1v) is 12.7. The molecule has 3 aromatic carbocycles. The van der Waals surface area contributed by atoms with E-state index in [4.69, 9.17) is 4.74 Å². The fourth-order valence-electron chi connectivity index (χ4n) is 3.74. The molecule has 0 aliphatic rings. The molecule has 0 aliphatic heterocycles. The summed E-state index contributed by atoms with van der Waals surface area (Å²) < 4.78 is 32.1. The Kier molecular flexibility index (Phi) is 8.11. The standard InChI is InChI=1S/C26H30N2O4S/c1-4-32-25-17-15-24(16-18-25)28(33(3,30)31)21(2)26(29)27(19-22-11-7-5-8-12-22)20-23-13-9-6-10-14-23/h5-18,21H,4,19-20H2,1-3H3. The molecule has 1 amide bonds. The van der Waals surface area contributed by atoms with Crippen LogP contribution < -0.4 is 9.04 Å². The first kappa shape index (κ1) is 24.3. The van der Waals surface area contributed by atoms with Gasteiger partial charge in [0, 0.05) is 13.1 Å². The van der Waals surface area contributed by atoms with Gasteiger partial charge in [-0.05, 0) is 49.2 Å². The summed E-state index contributed by atoms with van der Waals surface area (Å²) >= 11 is 0. The highest BCUT2D eigenvalue weighted by Crippen LogP contribution is 2.25. The highest BCUT2D eigenvalue weighted by atomic mass is 32.2. The molecule has 0 aromatic heterocycles. The average molecular weight is 467 g/mol. The van der Waals surface area contributed by atoms with Crippen molar-refractivity contribution in [3.05, 3.63) is 96.1 Å². The van der Waals surface area contributed by atoms with Crippen LogP contribution in [0.2, 0.25) is 0 Å². The zero-order chi connectivity index (χ0) is 23.8. The Balaban J connectivity index is 1.92. The lowest BCUT2D eigenvalue weighted by molar-refractivity contribution is -0.133. The predicted octanol–water partition coefficient (Wildman–Crippen LogP) is 4.47. The summed E-state index contributed by atoms with van der Waals surface area (Å²) in [5, 5.41) is 0. The maximum absolute atomic E-state index is 13.7. The van der Waals surface area contributed by atoms with Crippen LogP contribution in [0.25, 0.3) is 0 Å². The Morgan fingerprint density at radius 1 is 0.848 bits per heavy atom. The summed E-state index contributed by atoms with van der Waals surface area (Å²) in [4.78, 5) is 15.4. The molecule has 1 atom stereocenters. The third kappa shape index (κ3) is 6.58. The fourth-order valence-corrected chi connectivity index (χ4v) is 4.91. The lowest BCUT2D eigenvalue weighted by Gasteiger charge is -2.33. The van der Waals surface area contributed by atoms with Crippen LogP contribution in [0.5, 0.6) is 5.75 Å². The molecule has 0 radical (unpaired) electrons. The average Bonchev–Trinajstić information content (AvgIpc) is 2.80. The number of benzene rings is 3. The van der Waals surface area contributed by atoms with Crippen molar-refractivity contribution in [1.29, 1.82) is 0 Å². The minimum Gasteiger partial charge on any atom is -0.494 e. The Labute approximate surface area is 196 Å². The van der Waals surface area contributed by atoms with Crippen molar-refractivity contribution < 1.29 is 17.9 Å². The molecule has 0 N–H and O–H groups in total. The van der Waals surface area contributed by atoms with Crippen LogP contribution in [0.15, 0.2) is 84.9 Å². The van der Waals surface area contributed by atoms with E-state index < -0.39 is 16.1 Å². The van der Waals surface area contributed by atoms with Crippen LogP contribution in [0.1, 0.15) is 25.0 Å². The molecule has 0 fully saturated rings. The van der Waals surface area contributed by atoms with E-state index >= 15 is 0 Å². The minimum absolute atomic E-state index is 0.276. The van der Waals surface area contributed by atoms with Crippen LogP contribution in [-0.4, -0.2) is 38.1 Å². The smallest absolute Gasteiger partial charge is 0.246 e. The second kappa shape index (κ2) is 11.0. The number of amides is 1. The number of carbonyl (C=O) groups is 1. The number of nitrogens with zero attached hydrogens (tertiary/aromatic N) is 2. The molecule has 0 aliphatic carbocycles. The summed E-state index contributed by atoms with van der Waals surface area (Å²) in [6, 6.07) is 25.2. The summed E-state index contributed by atoms with van der Waals surface area (Å²) in [7, 11) is -3.72. The van der Waals surface area contributed by atoms with Crippen molar-refractivity contribution in [2.24, 2.45) is 0 Å². The summed E-state index contributed by atoms with van der Waals surface area (Å²) in [5.74, 6) is 0.366. The number of carbonyl (C=O) groups excluding carboxylic acids is 1. The molecule has 1 unspecified atom stereocenters. The normalized spacial score (nSPS) is 12.1. The Morgan fingerprint density at radius 3 is 1.76 bits per heavy atom. The first-order chi connectivity index (χ1) is 15.8. The third-order valence-electron chi connectivity index (χ3n) is 5.21. The monoisotopic (exact) mass is 466 g/mol. The maximum atomic E-state index is 13.7. The molecule has 0 heterocycles. The Bertz CT molecular complexity index is 1090. The second-order valence-corrected chi connectivity index (χ2v) is 9.69. The number of rotatable bonds is 10. The zero-order valence-electron chi connectivity index (χ0n) is 19.2. The van der Waals surface area contributed by atoms with Crippen LogP contribution >= 0.6 is 0 Å². The van der Waals surface area contributed by atoms with Crippen LogP contribution in [0, 0.1) is 0 Å². The Hall–Kier alpha value is -3.32. The SMILES string of the molecule is CCOc1ccc(N(C(C)C(=O)N(Cc2ccccc2)Cc2ccccc2)S(C)(=O)=O)cc1. The molecule has 0 spiro atoms. The van der Waals surface area contributed by atoms with Crippen molar-refractivity contribution >= 4 is 21.6 Å². The molecule has 0 bridgehead atoms. The van der Waals surface area contributed by atoms with Gasteiger partial charge in [-0.1, -0.05) is 60.7 Å². The largest absolute Gasteiger partial charge is 0.494 e.